The van der Waals surface area contributed by atoms with Crippen molar-refractivity contribution in [2.75, 3.05) is 6.54 Å². The fourth-order valence-electron chi connectivity index (χ4n) is 3.19. The average molecular weight is 419 g/mol. The van der Waals surface area contributed by atoms with Crippen molar-refractivity contribution in [2.24, 2.45) is 0 Å². The topological polar surface area (TPSA) is 98.1 Å². The Labute approximate surface area is 180 Å². The molecule has 1 aromatic heterocycles. The average Bonchev–Trinajstić information content (AvgIpc) is 3.51. The van der Waals surface area contributed by atoms with Gasteiger partial charge in [-0.05, 0) is 50.5 Å². The maximum atomic E-state index is 12.5. The largest absolute Gasteiger partial charge is 0.487 e. The van der Waals surface area contributed by atoms with E-state index in [0.717, 1.165) is 18.4 Å². The van der Waals surface area contributed by atoms with E-state index in [9.17, 15) is 9.59 Å². The maximum absolute atomic E-state index is 12.5. The minimum absolute atomic E-state index is 0.182. The van der Waals surface area contributed by atoms with Gasteiger partial charge in [0, 0.05) is 18.2 Å². The summed E-state index contributed by atoms with van der Waals surface area (Å²) in [6.45, 7) is 4.52. The Morgan fingerprint density at radius 2 is 1.90 bits per heavy atom. The van der Waals surface area contributed by atoms with E-state index in [1.807, 2.05) is 37.3 Å². The summed E-state index contributed by atoms with van der Waals surface area (Å²) in [4.78, 5) is 24.8. The maximum Gasteiger partial charge on any atom is 0.273 e. The van der Waals surface area contributed by atoms with E-state index < -0.39 is 0 Å². The van der Waals surface area contributed by atoms with Gasteiger partial charge >= 0.3 is 0 Å². The van der Waals surface area contributed by atoms with Crippen molar-refractivity contribution in [2.45, 2.75) is 39.3 Å². The van der Waals surface area contributed by atoms with E-state index in [0.29, 0.717) is 35.8 Å². The standard InChI is InChI=1S/C23H25N5O3/c1-3-24-22(29)17-9-12-19(20(13-17)31-14-16-7-5-4-6-8-16)28-15(2)21(26-27-28)23(30)25-18-10-11-18/h4-9,12-13,18H,3,10-11,14H2,1-2H3,(H,24,29)(H,25,30). The first-order valence-corrected chi connectivity index (χ1v) is 10.4. The molecule has 0 atom stereocenters. The molecule has 31 heavy (non-hydrogen) atoms. The Balaban J connectivity index is 1.66. The van der Waals surface area contributed by atoms with Gasteiger partial charge in [-0.15, -0.1) is 5.10 Å². The zero-order valence-electron chi connectivity index (χ0n) is 17.6. The molecule has 0 unspecified atom stereocenters. The van der Waals surface area contributed by atoms with Gasteiger partial charge in [0.2, 0.25) is 0 Å². The van der Waals surface area contributed by atoms with Crippen molar-refractivity contribution in [1.29, 1.82) is 0 Å². The Kier molecular flexibility index (Phi) is 5.97. The second-order valence-electron chi connectivity index (χ2n) is 7.50. The van der Waals surface area contributed by atoms with Gasteiger partial charge in [0.05, 0.1) is 5.69 Å². The van der Waals surface area contributed by atoms with Gasteiger partial charge in [-0.2, -0.15) is 0 Å². The van der Waals surface area contributed by atoms with Crippen molar-refractivity contribution < 1.29 is 14.3 Å². The van der Waals surface area contributed by atoms with Crippen molar-refractivity contribution >= 4 is 11.8 Å². The molecule has 160 valence electrons. The molecule has 1 aliphatic rings. The first-order chi connectivity index (χ1) is 15.1. The van der Waals surface area contributed by atoms with E-state index in [1.54, 1.807) is 29.8 Å². The summed E-state index contributed by atoms with van der Waals surface area (Å²) in [5.41, 5.74) is 2.98. The van der Waals surface area contributed by atoms with Crippen molar-refractivity contribution in [3.05, 3.63) is 71.0 Å². The van der Waals surface area contributed by atoms with Crippen LogP contribution in [0, 0.1) is 6.92 Å². The summed E-state index contributed by atoms with van der Waals surface area (Å²) in [7, 11) is 0. The molecule has 1 heterocycles. The quantitative estimate of drug-likeness (QED) is 0.585. The predicted molar refractivity (Wildman–Crippen MR) is 115 cm³/mol. The third kappa shape index (κ3) is 4.74. The number of hydrogen-bond donors (Lipinski definition) is 2. The number of ether oxygens (including phenoxy) is 1. The number of carbonyl (C=O) groups is 2. The van der Waals surface area contributed by atoms with Crippen LogP contribution in [0.15, 0.2) is 48.5 Å². The second-order valence-corrected chi connectivity index (χ2v) is 7.50. The zero-order valence-corrected chi connectivity index (χ0v) is 17.6. The SMILES string of the molecule is CCNC(=O)c1ccc(-n2nnc(C(=O)NC3CC3)c2C)c(OCc2ccccc2)c1. The van der Waals surface area contributed by atoms with Gasteiger partial charge in [0.25, 0.3) is 11.8 Å². The summed E-state index contributed by atoms with van der Waals surface area (Å²) >= 11 is 0. The third-order valence-corrected chi connectivity index (χ3v) is 5.05. The summed E-state index contributed by atoms with van der Waals surface area (Å²) in [6, 6.07) is 15.1. The van der Waals surface area contributed by atoms with Crippen LogP contribution in [0.2, 0.25) is 0 Å². The van der Waals surface area contributed by atoms with Crippen LogP contribution in [0.25, 0.3) is 5.69 Å². The van der Waals surface area contributed by atoms with Crippen molar-refractivity contribution in [1.82, 2.24) is 25.6 Å². The van der Waals surface area contributed by atoms with Crippen LogP contribution >= 0.6 is 0 Å². The lowest BCUT2D eigenvalue weighted by atomic mass is 10.1. The molecule has 4 rings (SSSR count). The van der Waals surface area contributed by atoms with E-state index in [1.165, 1.54) is 0 Å². The van der Waals surface area contributed by atoms with E-state index in [-0.39, 0.29) is 23.6 Å². The Bertz CT molecular complexity index is 1090. The number of nitrogens with one attached hydrogen (secondary N) is 2. The van der Waals surface area contributed by atoms with Gasteiger partial charge in [-0.25, -0.2) is 4.68 Å². The molecular formula is C23H25N5O3. The molecule has 0 aliphatic heterocycles. The molecule has 2 amide bonds. The minimum atomic E-state index is -0.225. The van der Waals surface area contributed by atoms with E-state index >= 15 is 0 Å². The van der Waals surface area contributed by atoms with Crippen LogP contribution in [0.5, 0.6) is 5.75 Å². The van der Waals surface area contributed by atoms with Crippen LogP contribution in [0.4, 0.5) is 0 Å². The second kappa shape index (κ2) is 8.99. The molecule has 0 spiro atoms. The molecular weight excluding hydrogens is 394 g/mol. The van der Waals surface area contributed by atoms with Gasteiger partial charge < -0.3 is 15.4 Å². The molecule has 8 nitrogen and oxygen atoms in total. The van der Waals surface area contributed by atoms with Gasteiger partial charge in [-0.1, -0.05) is 35.5 Å². The van der Waals surface area contributed by atoms with Crippen LogP contribution in [-0.4, -0.2) is 39.4 Å². The number of carbonyl (C=O) groups excluding carboxylic acids is 2. The molecule has 2 aromatic carbocycles. The summed E-state index contributed by atoms with van der Waals surface area (Å²) in [5, 5.41) is 14.0. The number of aromatic nitrogens is 3. The minimum Gasteiger partial charge on any atom is -0.487 e. The third-order valence-electron chi connectivity index (χ3n) is 5.05. The highest BCUT2D eigenvalue weighted by atomic mass is 16.5. The van der Waals surface area contributed by atoms with Crippen LogP contribution in [0.1, 0.15) is 51.9 Å². The highest BCUT2D eigenvalue weighted by Gasteiger charge is 2.27. The number of amides is 2. The predicted octanol–water partition coefficient (Wildman–Crippen LogP) is 2.80. The number of nitrogens with zero attached hydrogens (tertiary/aromatic N) is 3. The molecule has 8 heteroatoms. The molecule has 0 bridgehead atoms. The molecule has 3 aromatic rings. The Morgan fingerprint density at radius 1 is 1.13 bits per heavy atom. The fourth-order valence-corrected chi connectivity index (χ4v) is 3.19. The summed E-state index contributed by atoms with van der Waals surface area (Å²) in [5.74, 6) is 0.0742. The van der Waals surface area contributed by atoms with Crippen LogP contribution in [-0.2, 0) is 6.61 Å². The summed E-state index contributed by atoms with van der Waals surface area (Å²) < 4.78 is 7.65. The fraction of sp³-hybridized carbons (Fsp3) is 0.304. The lowest BCUT2D eigenvalue weighted by Crippen LogP contribution is -2.26. The van der Waals surface area contributed by atoms with E-state index in [4.69, 9.17) is 4.74 Å². The number of hydrogen-bond acceptors (Lipinski definition) is 5. The molecule has 2 N–H and O–H groups in total. The first-order valence-electron chi connectivity index (χ1n) is 10.4. The molecule has 1 aliphatic carbocycles. The summed E-state index contributed by atoms with van der Waals surface area (Å²) in [6.07, 6.45) is 2.00. The highest BCUT2D eigenvalue weighted by molar-refractivity contribution is 5.95. The zero-order chi connectivity index (χ0) is 21.8. The first kappa shape index (κ1) is 20.6. The molecule has 0 saturated heterocycles. The van der Waals surface area contributed by atoms with Gasteiger partial charge in [0.15, 0.2) is 5.69 Å². The smallest absolute Gasteiger partial charge is 0.273 e. The van der Waals surface area contributed by atoms with Crippen molar-refractivity contribution in [3.63, 3.8) is 0 Å². The lowest BCUT2D eigenvalue weighted by molar-refractivity contribution is 0.0940. The Morgan fingerprint density at radius 3 is 2.61 bits per heavy atom. The molecule has 1 fully saturated rings. The Hall–Kier alpha value is -3.68. The van der Waals surface area contributed by atoms with E-state index in [2.05, 4.69) is 20.9 Å². The number of benzene rings is 2. The van der Waals surface area contributed by atoms with Crippen LogP contribution < -0.4 is 15.4 Å². The highest BCUT2D eigenvalue weighted by Crippen LogP contribution is 2.27. The van der Waals surface area contributed by atoms with Crippen molar-refractivity contribution in [3.8, 4) is 11.4 Å². The van der Waals surface area contributed by atoms with Gasteiger partial charge in [-0.3, -0.25) is 9.59 Å². The molecule has 0 radical (unpaired) electrons. The normalized spacial score (nSPS) is 13.0. The number of rotatable bonds is 8. The van der Waals surface area contributed by atoms with Crippen LogP contribution in [0.3, 0.4) is 0 Å². The lowest BCUT2D eigenvalue weighted by Gasteiger charge is -2.14. The van der Waals surface area contributed by atoms with Gasteiger partial charge in [0.1, 0.15) is 18.0 Å². The molecule has 1 saturated carbocycles. The monoisotopic (exact) mass is 419 g/mol.